The zero-order valence-electron chi connectivity index (χ0n) is 14.7. The second-order valence-corrected chi connectivity index (χ2v) is 6.92. The van der Waals surface area contributed by atoms with Gasteiger partial charge in [0, 0.05) is 18.7 Å². The highest BCUT2D eigenvalue weighted by atomic mass is 19.1. The number of carboxylic acid groups (broad SMARTS) is 1. The van der Waals surface area contributed by atoms with Gasteiger partial charge in [0.15, 0.2) is 0 Å². The van der Waals surface area contributed by atoms with E-state index in [0.29, 0.717) is 36.6 Å². The van der Waals surface area contributed by atoms with Crippen molar-refractivity contribution in [3.05, 3.63) is 70.5 Å². The molecule has 3 rings (SSSR count). The third-order valence-electron chi connectivity index (χ3n) is 4.95. The zero-order valence-corrected chi connectivity index (χ0v) is 14.7. The third-order valence-corrected chi connectivity index (χ3v) is 4.95. The average molecular weight is 355 g/mol. The molecule has 1 heterocycles. The van der Waals surface area contributed by atoms with E-state index in [1.807, 2.05) is 12.1 Å². The van der Waals surface area contributed by atoms with E-state index in [9.17, 15) is 19.1 Å². The number of aromatic carboxylic acids is 1. The molecule has 0 bridgehead atoms. The monoisotopic (exact) mass is 355 g/mol. The number of nitrogens with zero attached hydrogens (tertiary/aromatic N) is 1. The number of carbonyl (C=O) groups excluding carboxylic acids is 1. The summed E-state index contributed by atoms with van der Waals surface area (Å²) in [6.45, 7) is 2.98. The third kappa shape index (κ3) is 4.10. The van der Waals surface area contributed by atoms with Crippen LogP contribution in [-0.4, -0.2) is 35.0 Å². The minimum atomic E-state index is -0.908. The van der Waals surface area contributed by atoms with E-state index in [0.717, 1.165) is 24.0 Å². The van der Waals surface area contributed by atoms with Gasteiger partial charge in [-0.25, -0.2) is 9.18 Å². The molecule has 1 fully saturated rings. The highest BCUT2D eigenvalue weighted by molar-refractivity contribution is 5.94. The zero-order chi connectivity index (χ0) is 18.7. The van der Waals surface area contributed by atoms with Crippen molar-refractivity contribution < 1.29 is 19.1 Å². The summed E-state index contributed by atoms with van der Waals surface area (Å²) in [4.78, 5) is 25.7. The molecule has 1 aliphatic rings. The Morgan fingerprint density at radius 2 is 1.85 bits per heavy atom. The van der Waals surface area contributed by atoms with E-state index in [-0.39, 0.29) is 5.91 Å². The standard InChI is InChI=1S/C21H22FNO3/c1-14-10-17(13-18(22)11-14)20(24)23-8-6-15(7-9-23)12-16-4-2-3-5-19(16)21(25)26/h2-5,10-11,13,15H,6-9,12H2,1H3,(H,25,26). The summed E-state index contributed by atoms with van der Waals surface area (Å²) in [7, 11) is 0. The van der Waals surface area contributed by atoms with Crippen LogP contribution in [0, 0.1) is 18.7 Å². The molecule has 1 N–H and O–H groups in total. The van der Waals surface area contributed by atoms with Gasteiger partial charge in [-0.1, -0.05) is 18.2 Å². The first-order valence-electron chi connectivity index (χ1n) is 8.81. The van der Waals surface area contributed by atoms with Crippen LogP contribution >= 0.6 is 0 Å². The van der Waals surface area contributed by atoms with E-state index < -0.39 is 11.8 Å². The first-order valence-corrected chi connectivity index (χ1v) is 8.81. The molecule has 1 saturated heterocycles. The molecule has 2 aromatic rings. The van der Waals surface area contributed by atoms with Crippen LogP contribution in [0.25, 0.3) is 0 Å². The molecule has 1 aliphatic heterocycles. The lowest BCUT2D eigenvalue weighted by Crippen LogP contribution is -2.39. The lowest BCUT2D eigenvalue weighted by atomic mass is 9.88. The number of piperidine rings is 1. The number of hydrogen-bond donors (Lipinski definition) is 1. The van der Waals surface area contributed by atoms with Gasteiger partial charge in [-0.2, -0.15) is 0 Å². The molecule has 0 radical (unpaired) electrons. The largest absolute Gasteiger partial charge is 0.478 e. The quantitative estimate of drug-likeness (QED) is 0.904. The van der Waals surface area contributed by atoms with Gasteiger partial charge in [-0.05, 0) is 67.5 Å². The van der Waals surface area contributed by atoms with Crippen molar-refractivity contribution >= 4 is 11.9 Å². The molecule has 5 heteroatoms. The molecule has 4 nitrogen and oxygen atoms in total. The molecule has 136 valence electrons. The Morgan fingerprint density at radius 3 is 2.50 bits per heavy atom. The predicted octanol–water partition coefficient (Wildman–Crippen LogP) is 3.93. The van der Waals surface area contributed by atoms with Gasteiger partial charge in [0.1, 0.15) is 5.82 Å². The van der Waals surface area contributed by atoms with Gasteiger partial charge in [0.25, 0.3) is 5.91 Å². The van der Waals surface area contributed by atoms with Crippen LogP contribution in [0.4, 0.5) is 4.39 Å². The summed E-state index contributed by atoms with van der Waals surface area (Å²) in [5, 5.41) is 9.30. The molecule has 0 unspecified atom stereocenters. The van der Waals surface area contributed by atoms with Gasteiger partial charge in [0.2, 0.25) is 0 Å². The summed E-state index contributed by atoms with van der Waals surface area (Å²) in [5.41, 5.74) is 2.30. The Labute approximate surface area is 152 Å². The number of hydrogen-bond acceptors (Lipinski definition) is 2. The molecule has 2 aromatic carbocycles. The van der Waals surface area contributed by atoms with E-state index in [2.05, 4.69) is 0 Å². The molecule has 0 aliphatic carbocycles. The highest BCUT2D eigenvalue weighted by Crippen LogP contribution is 2.25. The maximum atomic E-state index is 13.5. The normalized spacial score (nSPS) is 15.1. The molecule has 0 spiro atoms. The Morgan fingerprint density at radius 1 is 1.15 bits per heavy atom. The van der Waals surface area contributed by atoms with Crippen LogP contribution in [0.5, 0.6) is 0 Å². The van der Waals surface area contributed by atoms with Crippen molar-refractivity contribution in [1.29, 1.82) is 0 Å². The molecule has 0 atom stereocenters. The van der Waals surface area contributed by atoms with Crippen molar-refractivity contribution in [3.8, 4) is 0 Å². The highest BCUT2D eigenvalue weighted by Gasteiger charge is 2.25. The first-order chi connectivity index (χ1) is 12.4. The number of rotatable bonds is 4. The SMILES string of the molecule is Cc1cc(F)cc(C(=O)N2CCC(Cc3ccccc3C(=O)O)CC2)c1. The van der Waals surface area contributed by atoms with Crippen LogP contribution in [-0.2, 0) is 6.42 Å². The van der Waals surface area contributed by atoms with Gasteiger partial charge in [-0.3, -0.25) is 4.79 Å². The second-order valence-electron chi connectivity index (χ2n) is 6.92. The van der Waals surface area contributed by atoms with E-state index in [1.54, 1.807) is 30.0 Å². The van der Waals surface area contributed by atoms with Crippen molar-refractivity contribution in [1.82, 2.24) is 4.90 Å². The molecule has 26 heavy (non-hydrogen) atoms. The smallest absolute Gasteiger partial charge is 0.335 e. The Hall–Kier alpha value is -2.69. The lowest BCUT2D eigenvalue weighted by Gasteiger charge is -2.32. The fraction of sp³-hybridized carbons (Fsp3) is 0.333. The van der Waals surface area contributed by atoms with Gasteiger partial charge >= 0.3 is 5.97 Å². The summed E-state index contributed by atoms with van der Waals surface area (Å²) in [6.07, 6.45) is 2.32. The average Bonchev–Trinajstić information content (AvgIpc) is 2.61. The predicted molar refractivity (Wildman–Crippen MR) is 96.9 cm³/mol. The van der Waals surface area contributed by atoms with Crippen molar-refractivity contribution in [2.75, 3.05) is 13.1 Å². The van der Waals surface area contributed by atoms with Crippen LogP contribution in [0.1, 0.15) is 44.7 Å². The Balaban J connectivity index is 1.63. The summed E-state index contributed by atoms with van der Waals surface area (Å²) in [6, 6.07) is 11.5. The molecular formula is C21H22FNO3. The topological polar surface area (TPSA) is 57.6 Å². The van der Waals surface area contributed by atoms with Gasteiger partial charge in [-0.15, -0.1) is 0 Å². The van der Waals surface area contributed by atoms with Crippen LogP contribution in [0.2, 0.25) is 0 Å². The number of carboxylic acids is 1. The molecular weight excluding hydrogens is 333 g/mol. The number of benzene rings is 2. The minimum absolute atomic E-state index is 0.142. The van der Waals surface area contributed by atoms with Crippen LogP contribution in [0.15, 0.2) is 42.5 Å². The van der Waals surface area contributed by atoms with Crippen molar-refractivity contribution in [3.63, 3.8) is 0 Å². The maximum Gasteiger partial charge on any atom is 0.335 e. The Kier molecular flexibility index (Phi) is 5.35. The maximum absolute atomic E-state index is 13.5. The number of aryl methyl sites for hydroxylation is 1. The van der Waals surface area contributed by atoms with E-state index >= 15 is 0 Å². The first kappa shape index (κ1) is 18.1. The fourth-order valence-electron chi connectivity index (χ4n) is 3.60. The van der Waals surface area contributed by atoms with Crippen LogP contribution in [0.3, 0.4) is 0 Å². The van der Waals surface area contributed by atoms with Crippen molar-refractivity contribution in [2.45, 2.75) is 26.2 Å². The summed E-state index contributed by atoms with van der Waals surface area (Å²) >= 11 is 0. The summed E-state index contributed by atoms with van der Waals surface area (Å²) in [5.74, 6) is -1.10. The lowest BCUT2D eigenvalue weighted by molar-refractivity contribution is 0.0690. The Bertz CT molecular complexity index is 806. The molecule has 0 aromatic heterocycles. The van der Waals surface area contributed by atoms with E-state index in [1.165, 1.54) is 12.1 Å². The molecule has 1 amide bonds. The number of carbonyl (C=O) groups is 2. The molecule has 0 saturated carbocycles. The summed E-state index contributed by atoms with van der Waals surface area (Å²) < 4.78 is 13.5. The van der Waals surface area contributed by atoms with Gasteiger partial charge in [0.05, 0.1) is 5.56 Å². The number of amides is 1. The van der Waals surface area contributed by atoms with Crippen molar-refractivity contribution in [2.24, 2.45) is 5.92 Å². The fourth-order valence-corrected chi connectivity index (χ4v) is 3.60. The second kappa shape index (κ2) is 7.68. The van der Waals surface area contributed by atoms with Gasteiger partial charge < -0.3 is 10.0 Å². The van der Waals surface area contributed by atoms with Crippen LogP contribution < -0.4 is 0 Å². The number of likely N-dealkylation sites (tertiary alicyclic amines) is 1. The number of halogens is 1. The minimum Gasteiger partial charge on any atom is -0.478 e. The van der Waals surface area contributed by atoms with E-state index in [4.69, 9.17) is 0 Å².